The van der Waals surface area contributed by atoms with Gasteiger partial charge >= 0.3 is 0 Å². The predicted molar refractivity (Wildman–Crippen MR) is 62.4 cm³/mol. The van der Waals surface area contributed by atoms with E-state index >= 15 is 0 Å². The van der Waals surface area contributed by atoms with Crippen molar-refractivity contribution >= 4 is 18.0 Å². The molecule has 0 spiro atoms. The number of aldehydes is 1. The van der Waals surface area contributed by atoms with Gasteiger partial charge in [-0.3, -0.25) is 0 Å². The molecule has 15 heavy (non-hydrogen) atoms. The molecule has 0 aromatic heterocycles. The summed E-state index contributed by atoms with van der Waals surface area (Å²) >= 11 is 1.75. The average Bonchev–Trinajstić information content (AvgIpc) is 2.30. The summed E-state index contributed by atoms with van der Waals surface area (Å²) < 4.78 is 5.52. The summed E-state index contributed by atoms with van der Waals surface area (Å²) in [6.07, 6.45) is 4.54. The van der Waals surface area contributed by atoms with Crippen LogP contribution >= 0.6 is 11.8 Å². The molecule has 1 aliphatic heterocycles. The lowest BCUT2D eigenvalue weighted by molar-refractivity contribution is -0.108. The van der Waals surface area contributed by atoms with Crippen LogP contribution < -0.4 is 4.74 Å². The SMILES string of the molecule is CSC1(CC=O)CCOc2ccccc21. The second-order valence-electron chi connectivity index (χ2n) is 3.66. The van der Waals surface area contributed by atoms with Gasteiger partial charge in [-0.05, 0) is 12.3 Å². The predicted octanol–water partition coefficient (Wildman–Crippen LogP) is 2.62. The molecule has 2 nitrogen and oxygen atoms in total. The molecule has 3 heteroatoms. The first kappa shape index (κ1) is 10.6. The molecule has 0 bridgehead atoms. The molecule has 1 atom stereocenters. The summed E-state index contributed by atoms with van der Waals surface area (Å²) in [4.78, 5) is 10.8. The van der Waals surface area contributed by atoms with Crippen molar-refractivity contribution < 1.29 is 9.53 Å². The van der Waals surface area contributed by atoms with Crippen LogP contribution in [0.25, 0.3) is 0 Å². The van der Waals surface area contributed by atoms with Gasteiger partial charge in [0.2, 0.25) is 0 Å². The Balaban J connectivity index is 2.46. The molecule has 80 valence electrons. The third-order valence-corrected chi connectivity index (χ3v) is 4.32. The van der Waals surface area contributed by atoms with Crippen LogP contribution in [0.3, 0.4) is 0 Å². The van der Waals surface area contributed by atoms with Gasteiger partial charge in [-0.2, -0.15) is 11.8 Å². The lowest BCUT2D eigenvalue weighted by Crippen LogP contribution is -2.30. The van der Waals surface area contributed by atoms with Crippen molar-refractivity contribution in [3.8, 4) is 5.75 Å². The van der Waals surface area contributed by atoms with E-state index in [1.807, 2.05) is 18.2 Å². The Bertz CT molecular complexity index is 364. The monoisotopic (exact) mass is 222 g/mol. The first-order chi connectivity index (χ1) is 7.32. The zero-order valence-electron chi connectivity index (χ0n) is 8.73. The van der Waals surface area contributed by atoms with E-state index in [-0.39, 0.29) is 4.75 Å². The first-order valence-electron chi connectivity index (χ1n) is 5.03. The number of fused-ring (bicyclic) bond motifs is 1. The van der Waals surface area contributed by atoms with E-state index in [1.54, 1.807) is 11.8 Å². The standard InChI is InChI=1S/C12H14O2S/c1-15-12(6-8-13)7-9-14-11-5-3-2-4-10(11)12/h2-5,8H,6-7,9H2,1H3. The summed E-state index contributed by atoms with van der Waals surface area (Å²) in [6, 6.07) is 8.01. The lowest BCUT2D eigenvalue weighted by atomic mass is 9.89. The van der Waals surface area contributed by atoms with Gasteiger partial charge in [-0.1, -0.05) is 18.2 Å². The molecule has 1 aliphatic rings. The number of carbonyl (C=O) groups excluding carboxylic acids is 1. The number of carbonyl (C=O) groups is 1. The van der Waals surface area contributed by atoms with Crippen molar-refractivity contribution in [1.82, 2.24) is 0 Å². The molecule has 0 aliphatic carbocycles. The van der Waals surface area contributed by atoms with E-state index in [1.165, 1.54) is 0 Å². The van der Waals surface area contributed by atoms with Crippen LogP contribution in [0.15, 0.2) is 24.3 Å². The van der Waals surface area contributed by atoms with Crippen molar-refractivity contribution in [2.75, 3.05) is 12.9 Å². The minimum Gasteiger partial charge on any atom is -0.493 e. The minimum absolute atomic E-state index is 0.0728. The second kappa shape index (κ2) is 4.27. The van der Waals surface area contributed by atoms with E-state index in [0.717, 1.165) is 24.0 Å². The number of benzene rings is 1. The molecule has 1 aromatic rings. The molecule has 1 aromatic carbocycles. The Morgan fingerprint density at radius 3 is 3.07 bits per heavy atom. The fraction of sp³-hybridized carbons (Fsp3) is 0.417. The van der Waals surface area contributed by atoms with E-state index in [9.17, 15) is 4.79 Å². The highest BCUT2D eigenvalue weighted by Gasteiger charge is 2.36. The van der Waals surface area contributed by atoms with Crippen molar-refractivity contribution in [3.05, 3.63) is 29.8 Å². The smallest absolute Gasteiger partial charge is 0.123 e. The molecule has 2 rings (SSSR count). The largest absolute Gasteiger partial charge is 0.493 e. The fourth-order valence-corrected chi connectivity index (χ4v) is 2.98. The highest BCUT2D eigenvalue weighted by Crippen LogP contribution is 2.47. The van der Waals surface area contributed by atoms with Crippen molar-refractivity contribution in [2.24, 2.45) is 0 Å². The molecule has 0 saturated carbocycles. The number of para-hydroxylation sites is 1. The Morgan fingerprint density at radius 1 is 1.53 bits per heavy atom. The van der Waals surface area contributed by atoms with Crippen LogP contribution in [-0.4, -0.2) is 19.1 Å². The molecular weight excluding hydrogens is 208 g/mol. The number of ether oxygens (including phenoxy) is 1. The molecule has 1 heterocycles. The van der Waals surface area contributed by atoms with E-state index in [0.29, 0.717) is 13.0 Å². The lowest BCUT2D eigenvalue weighted by Gasteiger charge is -2.36. The molecule has 0 radical (unpaired) electrons. The van der Waals surface area contributed by atoms with E-state index < -0.39 is 0 Å². The third kappa shape index (κ3) is 1.76. The Kier molecular flexibility index (Phi) is 3.00. The summed E-state index contributed by atoms with van der Waals surface area (Å²) in [5.74, 6) is 0.931. The molecule has 0 fully saturated rings. The van der Waals surface area contributed by atoms with Gasteiger partial charge in [0.1, 0.15) is 12.0 Å². The van der Waals surface area contributed by atoms with Crippen molar-refractivity contribution in [2.45, 2.75) is 17.6 Å². The highest BCUT2D eigenvalue weighted by atomic mass is 32.2. The summed E-state index contributed by atoms with van der Waals surface area (Å²) in [6.45, 7) is 0.700. The Morgan fingerprint density at radius 2 is 2.33 bits per heavy atom. The van der Waals surface area contributed by atoms with Gasteiger partial charge in [0, 0.05) is 18.4 Å². The first-order valence-corrected chi connectivity index (χ1v) is 6.26. The van der Waals surface area contributed by atoms with Crippen LogP contribution in [-0.2, 0) is 9.54 Å². The summed E-state index contributed by atoms with van der Waals surface area (Å²) in [5.41, 5.74) is 1.16. The maximum atomic E-state index is 10.8. The van der Waals surface area contributed by atoms with Gasteiger partial charge in [-0.15, -0.1) is 0 Å². The maximum Gasteiger partial charge on any atom is 0.123 e. The second-order valence-corrected chi connectivity index (χ2v) is 4.85. The molecular formula is C12H14O2S. The minimum atomic E-state index is -0.0728. The zero-order chi connectivity index (χ0) is 10.7. The van der Waals surface area contributed by atoms with Crippen LogP contribution in [0.2, 0.25) is 0 Å². The highest BCUT2D eigenvalue weighted by molar-refractivity contribution is 7.99. The normalized spacial score (nSPS) is 24.1. The zero-order valence-corrected chi connectivity index (χ0v) is 9.55. The summed E-state index contributed by atoms with van der Waals surface area (Å²) in [5, 5.41) is 0. The van der Waals surface area contributed by atoms with Crippen LogP contribution in [0.4, 0.5) is 0 Å². The molecule has 0 N–H and O–H groups in total. The third-order valence-electron chi connectivity index (χ3n) is 2.95. The quantitative estimate of drug-likeness (QED) is 0.735. The van der Waals surface area contributed by atoms with Crippen LogP contribution in [0.5, 0.6) is 5.75 Å². The van der Waals surface area contributed by atoms with E-state index in [4.69, 9.17) is 4.74 Å². The number of thioether (sulfide) groups is 1. The van der Waals surface area contributed by atoms with Gasteiger partial charge in [0.15, 0.2) is 0 Å². The van der Waals surface area contributed by atoms with Gasteiger partial charge in [0.25, 0.3) is 0 Å². The topological polar surface area (TPSA) is 26.3 Å². The number of rotatable bonds is 3. The Labute approximate surface area is 94.0 Å². The average molecular weight is 222 g/mol. The molecule has 1 unspecified atom stereocenters. The van der Waals surface area contributed by atoms with Gasteiger partial charge < -0.3 is 9.53 Å². The Hall–Kier alpha value is -0.960. The van der Waals surface area contributed by atoms with Gasteiger partial charge in [0.05, 0.1) is 11.4 Å². The van der Waals surface area contributed by atoms with Gasteiger partial charge in [-0.25, -0.2) is 0 Å². The van der Waals surface area contributed by atoms with Crippen LogP contribution in [0.1, 0.15) is 18.4 Å². The number of hydrogen-bond acceptors (Lipinski definition) is 3. The van der Waals surface area contributed by atoms with E-state index in [2.05, 4.69) is 12.3 Å². The van der Waals surface area contributed by atoms with Crippen molar-refractivity contribution in [1.29, 1.82) is 0 Å². The van der Waals surface area contributed by atoms with Crippen LogP contribution in [0, 0.1) is 0 Å². The fourth-order valence-electron chi connectivity index (χ4n) is 2.07. The molecule has 0 amide bonds. The number of hydrogen-bond donors (Lipinski definition) is 0. The summed E-state index contributed by atoms with van der Waals surface area (Å²) in [7, 11) is 0. The van der Waals surface area contributed by atoms with Crippen molar-refractivity contribution in [3.63, 3.8) is 0 Å². The molecule has 0 saturated heterocycles. The maximum absolute atomic E-state index is 10.8.